The Labute approximate surface area is 601 Å². The molecule has 15 atom stereocenters. The Morgan fingerprint density at radius 2 is 0.610 bits per heavy atom. The molecule has 22 heteroatoms. The van der Waals surface area contributed by atoms with E-state index in [9.17, 15) is 60.3 Å². The number of benzene rings is 6. The fourth-order valence-electron chi connectivity index (χ4n) is 13.3. The number of aliphatic hydroxyl groups is 9. The van der Waals surface area contributed by atoms with Gasteiger partial charge in [0.1, 0.15) is 89.6 Å². The number of aryl methyl sites for hydroxylation is 6. The van der Waals surface area contributed by atoms with Crippen LogP contribution in [-0.2, 0) is 67.1 Å². The Morgan fingerprint density at radius 3 is 0.860 bits per heavy atom. The van der Waals surface area contributed by atoms with E-state index >= 15 is 0 Å². The first-order chi connectivity index (χ1) is 48.1. The summed E-state index contributed by atoms with van der Waals surface area (Å²) >= 11 is 3.86. The van der Waals surface area contributed by atoms with Gasteiger partial charge in [0.05, 0.1) is 0 Å². The van der Waals surface area contributed by atoms with Crippen LogP contribution in [0.3, 0.4) is 0 Å². The number of nitrogens with zero attached hydrogens (tertiary/aromatic N) is 1. The lowest BCUT2D eigenvalue weighted by Gasteiger charge is -2.40. The molecule has 100 heavy (non-hydrogen) atoms. The first kappa shape index (κ1) is 78.4. The number of ether oxygens (including phenoxy) is 3. The maximum absolute atomic E-state index is 13.2. The predicted molar refractivity (Wildman–Crippen MR) is 393 cm³/mol. The molecule has 3 aliphatic heterocycles. The van der Waals surface area contributed by atoms with Gasteiger partial charge in [-0.3, -0.25) is 19.3 Å². The highest BCUT2D eigenvalue weighted by Gasteiger charge is 2.46. The monoisotopic (exact) mass is 1430 g/mol. The van der Waals surface area contributed by atoms with Crippen LogP contribution < -0.4 is 16.0 Å². The van der Waals surface area contributed by atoms with Crippen molar-refractivity contribution in [1.82, 2.24) is 20.9 Å². The second kappa shape index (κ2) is 38.1. The summed E-state index contributed by atoms with van der Waals surface area (Å²) in [4.78, 5) is 41.8. The Balaban J connectivity index is 0.720. The van der Waals surface area contributed by atoms with Crippen molar-refractivity contribution in [3.63, 3.8) is 0 Å². The number of hydrogen-bond donors (Lipinski definition) is 12. The molecule has 3 fully saturated rings. The molecule has 19 nitrogen and oxygen atoms in total. The highest BCUT2D eigenvalue weighted by atomic mass is 32.2. The van der Waals surface area contributed by atoms with Crippen LogP contribution in [0.2, 0.25) is 0 Å². The smallest absolute Gasteiger partial charge is 0.220 e. The average molecular weight is 1430 g/mol. The van der Waals surface area contributed by atoms with Crippen LogP contribution in [0.5, 0.6) is 0 Å². The van der Waals surface area contributed by atoms with Crippen molar-refractivity contribution in [3.8, 4) is 0 Å². The number of aliphatic hydroxyl groups excluding tert-OH is 9. The number of nitrogens with one attached hydrogen (secondary N) is 3. The molecule has 3 saturated heterocycles. The lowest BCUT2D eigenvalue weighted by molar-refractivity contribution is -0.200. The van der Waals surface area contributed by atoms with Crippen LogP contribution in [0.25, 0.3) is 0 Å². The maximum atomic E-state index is 13.2. The molecule has 0 aromatic heterocycles. The minimum atomic E-state index is -1.33. The third-order valence-electron chi connectivity index (χ3n) is 19.6. The zero-order valence-corrected chi connectivity index (χ0v) is 60.6. The van der Waals surface area contributed by atoms with Gasteiger partial charge in [0.15, 0.2) is 0 Å². The van der Waals surface area contributed by atoms with Crippen molar-refractivity contribution in [3.05, 3.63) is 211 Å². The van der Waals surface area contributed by atoms with E-state index in [4.69, 9.17) is 14.2 Å². The van der Waals surface area contributed by atoms with Crippen LogP contribution in [0.15, 0.2) is 127 Å². The quantitative estimate of drug-likeness (QED) is 0.0199. The van der Waals surface area contributed by atoms with Crippen molar-refractivity contribution >= 4 is 53.0 Å². The molecule has 0 spiro atoms. The van der Waals surface area contributed by atoms with Gasteiger partial charge in [0.25, 0.3) is 0 Å². The zero-order valence-electron chi connectivity index (χ0n) is 58.2. The van der Waals surface area contributed by atoms with Gasteiger partial charge in [-0.05, 0) is 181 Å². The van der Waals surface area contributed by atoms with Crippen LogP contribution in [0, 0.1) is 20.8 Å². The Hall–Kier alpha value is -5.74. The molecular weight excluding hydrogens is 1330 g/mol. The van der Waals surface area contributed by atoms with E-state index in [2.05, 4.69) is 93.6 Å². The molecule has 0 aliphatic carbocycles. The SMILES string of the molecule is CS[C@H]1O[C@@H](c2ccc(C)c(Cc3ccc(CCCC(=O)NCCN(CCNC(=O)CCCc4ccc(Cc5cc([C@H]6O[C@@H](SC)[C@H](O)[C@@H](O)[C@@H]6O)ccc5C)cc4)CCNC(=O)CCCc4ccc(Cc5cc([C@H]6O[C@@H](SC)[C@H](O)[C@@H](O)[C@@H]6O)ccc5C)cc4)cc3)c2)[C@H](O)[C@@H](O)[C@@H]1O. The number of rotatable bonds is 33. The molecule has 12 N–H and O–H groups in total. The Morgan fingerprint density at radius 1 is 0.360 bits per heavy atom. The van der Waals surface area contributed by atoms with E-state index in [0.717, 1.165) is 103 Å². The summed E-state index contributed by atoms with van der Waals surface area (Å²) in [6.07, 6.45) is -1.23. The molecule has 3 amide bonds. The van der Waals surface area contributed by atoms with Gasteiger partial charge < -0.3 is 76.1 Å². The van der Waals surface area contributed by atoms with Crippen molar-refractivity contribution in [2.75, 3.05) is 58.0 Å². The molecular formula is C78H102N4O15S3. The minimum absolute atomic E-state index is 0.0571. The number of amides is 3. The summed E-state index contributed by atoms with van der Waals surface area (Å²) < 4.78 is 18.1. The number of carbonyl (C=O) groups excluding carboxylic acids is 3. The standard InChI is InChI=1S/C78H102N4O15S3/c1-46-16-31-55(73-67(89)64(86)70(92)76(95-73)98-4)43-58(46)40-52-25-19-49(20-26-52)10-7-13-61(83)79-34-37-82(38-35-80-62(84)14-8-11-50-21-27-53(28-22-50)41-59-44-56(32-17-47(59)2)74-68(90)65(87)71(93)77(96-74)99-5)39-36-81-63(85)15-9-12-51-23-29-54(30-24-51)42-60-45-57(33-18-48(60)3)75-69(91)66(88)72(94)78(97-75)100-6/h16-33,43-45,64-78,86-94H,7-15,34-42H2,1-6H3,(H,79,83)(H,80,84)(H,81,85)/t64-,65-,66+,67-,68-,69+,70+,71+,72-,73+,74+,75-,76-,77-,78+/m0/s1. The molecule has 542 valence electrons. The molecule has 0 unspecified atom stereocenters. The third kappa shape index (κ3) is 21.5. The molecule has 6 aromatic carbocycles. The Bertz CT molecular complexity index is 3220. The molecule has 3 aliphatic rings. The van der Waals surface area contributed by atoms with Gasteiger partial charge in [-0.15, -0.1) is 35.3 Å². The van der Waals surface area contributed by atoms with Crippen molar-refractivity contribution in [1.29, 1.82) is 0 Å². The summed E-state index contributed by atoms with van der Waals surface area (Å²) in [5.41, 5.74) is 13.2. The summed E-state index contributed by atoms with van der Waals surface area (Å²) in [5.74, 6) is -0.171. The maximum Gasteiger partial charge on any atom is 0.220 e. The van der Waals surface area contributed by atoms with E-state index in [1.807, 2.05) is 75.4 Å². The Kier molecular flexibility index (Phi) is 29.9. The molecule has 6 aromatic rings. The zero-order chi connectivity index (χ0) is 71.6. The highest BCUT2D eigenvalue weighted by Crippen LogP contribution is 2.40. The number of carbonyl (C=O) groups is 3. The molecule has 9 rings (SSSR count). The lowest BCUT2D eigenvalue weighted by Crippen LogP contribution is -2.52. The number of hydrogen-bond acceptors (Lipinski definition) is 19. The summed E-state index contributed by atoms with van der Waals surface area (Å²) in [5, 5.41) is 104. The van der Waals surface area contributed by atoms with Gasteiger partial charge in [0, 0.05) is 58.5 Å². The lowest BCUT2D eigenvalue weighted by atomic mass is 9.91. The van der Waals surface area contributed by atoms with E-state index in [1.165, 1.54) is 35.3 Å². The molecule has 0 radical (unpaired) electrons. The number of thioether (sulfide) groups is 3. The topological polar surface area (TPSA) is 300 Å². The van der Waals surface area contributed by atoms with Crippen LogP contribution in [-0.4, -0.2) is 198 Å². The molecule has 0 bridgehead atoms. The minimum Gasteiger partial charge on any atom is -0.387 e. The summed E-state index contributed by atoms with van der Waals surface area (Å²) in [6.45, 7) is 8.81. The first-order valence-corrected chi connectivity index (χ1v) is 38.7. The van der Waals surface area contributed by atoms with Crippen molar-refractivity contribution in [2.24, 2.45) is 0 Å². The van der Waals surface area contributed by atoms with Gasteiger partial charge in [-0.25, -0.2) is 0 Å². The second-order valence-electron chi connectivity index (χ2n) is 26.9. The van der Waals surface area contributed by atoms with Crippen molar-refractivity contribution in [2.45, 2.75) is 187 Å². The van der Waals surface area contributed by atoms with E-state index in [0.29, 0.717) is 97.1 Å². The van der Waals surface area contributed by atoms with Crippen LogP contribution >= 0.6 is 35.3 Å². The average Bonchev–Trinajstić information content (AvgIpc) is 0.802. The molecule has 3 heterocycles. The summed E-state index contributed by atoms with van der Waals surface area (Å²) in [7, 11) is 0. The second-order valence-corrected chi connectivity index (χ2v) is 29.7. The van der Waals surface area contributed by atoms with Gasteiger partial charge >= 0.3 is 0 Å². The van der Waals surface area contributed by atoms with Gasteiger partial charge in [-0.1, -0.05) is 127 Å². The first-order valence-electron chi connectivity index (χ1n) is 34.8. The normalized spacial score (nSPS) is 25.4. The van der Waals surface area contributed by atoms with Gasteiger partial charge in [-0.2, -0.15) is 0 Å². The predicted octanol–water partition coefficient (Wildman–Crippen LogP) is 6.93. The highest BCUT2D eigenvalue weighted by molar-refractivity contribution is 7.99. The van der Waals surface area contributed by atoms with Crippen LogP contribution in [0.4, 0.5) is 0 Å². The largest absolute Gasteiger partial charge is 0.387 e. The van der Waals surface area contributed by atoms with E-state index in [-0.39, 0.29) is 17.7 Å². The van der Waals surface area contributed by atoms with Crippen LogP contribution in [0.1, 0.15) is 140 Å². The molecule has 0 saturated carbocycles. The fraction of sp³-hybridized carbons (Fsp3) is 0.500. The van der Waals surface area contributed by atoms with Gasteiger partial charge in [0.2, 0.25) is 17.7 Å². The third-order valence-corrected chi connectivity index (χ3v) is 22.2. The van der Waals surface area contributed by atoms with E-state index in [1.54, 1.807) is 18.8 Å². The van der Waals surface area contributed by atoms with Crippen molar-refractivity contribution < 1.29 is 74.6 Å². The fourth-order valence-corrected chi connectivity index (χ4v) is 15.3. The summed E-state index contributed by atoms with van der Waals surface area (Å²) in [6, 6.07) is 42.6. The van der Waals surface area contributed by atoms with E-state index < -0.39 is 89.6 Å².